The number of nitrogens with zero attached hydrogens (tertiary/aromatic N) is 2. The van der Waals surface area contributed by atoms with Crippen LogP contribution in [0.3, 0.4) is 0 Å². The Morgan fingerprint density at radius 1 is 1.47 bits per heavy atom. The van der Waals surface area contributed by atoms with Gasteiger partial charge in [0.15, 0.2) is 5.13 Å². The average molecular weight is 286 g/mol. The second kappa shape index (κ2) is 6.17. The number of anilines is 1. The largest absolute Gasteiger partial charge is 0.391 e. The predicted molar refractivity (Wildman–Crippen MR) is 75.6 cm³/mol. The molecule has 0 bridgehead atoms. The number of aliphatic hydroxyl groups is 1. The molecule has 108 valence electrons. The molecule has 2 heterocycles. The summed E-state index contributed by atoms with van der Waals surface area (Å²) in [6.07, 6.45) is 2.17. The Kier molecular flexibility index (Phi) is 4.78. The van der Waals surface area contributed by atoms with Gasteiger partial charge in [-0.1, -0.05) is 11.3 Å². The highest BCUT2D eigenvalue weighted by molar-refractivity contribution is 7.15. The Morgan fingerprint density at radius 2 is 2.26 bits per heavy atom. The lowest BCUT2D eigenvalue weighted by Gasteiger charge is -2.39. The number of hydrogen-bond donors (Lipinski definition) is 1. The molecule has 5 nitrogen and oxygen atoms in total. The van der Waals surface area contributed by atoms with Crippen LogP contribution >= 0.6 is 11.3 Å². The van der Waals surface area contributed by atoms with Gasteiger partial charge < -0.3 is 19.5 Å². The molecule has 1 fully saturated rings. The van der Waals surface area contributed by atoms with Crippen LogP contribution in [0.1, 0.15) is 30.3 Å². The van der Waals surface area contributed by atoms with Gasteiger partial charge in [0.2, 0.25) is 0 Å². The highest BCUT2D eigenvalue weighted by atomic mass is 32.1. The fraction of sp³-hybridized carbons (Fsp3) is 0.769. The molecule has 1 saturated heterocycles. The highest BCUT2D eigenvalue weighted by Gasteiger charge is 2.32. The van der Waals surface area contributed by atoms with Crippen molar-refractivity contribution in [1.29, 1.82) is 0 Å². The van der Waals surface area contributed by atoms with Gasteiger partial charge in [-0.15, -0.1) is 0 Å². The van der Waals surface area contributed by atoms with E-state index >= 15 is 0 Å². The van der Waals surface area contributed by atoms with Crippen molar-refractivity contribution in [1.82, 2.24) is 4.98 Å². The first-order chi connectivity index (χ1) is 9.11. The molecular formula is C13H22N2O3S. The van der Waals surface area contributed by atoms with Crippen molar-refractivity contribution in [2.75, 3.05) is 32.2 Å². The van der Waals surface area contributed by atoms with E-state index in [1.807, 2.05) is 0 Å². The average Bonchev–Trinajstić information content (AvgIpc) is 2.82. The zero-order valence-electron chi connectivity index (χ0n) is 11.8. The van der Waals surface area contributed by atoms with Gasteiger partial charge in [0, 0.05) is 27.3 Å². The van der Waals surface area contributed by atoms with Crippen LogP contribution in [-0.4, -0.2) is 43.0 Å². The Bertz CT molecular complexity index is 424. The summed E-state index contributed by atoms with van der Waals surface area (Å²) >= 11 is 1.55. The van der Waals surface area contributed by atoms with Crippen molar-refractivity contribution in [3.63, 3.8) is 0 Å². The van der Waals surface area contributed by atoms with Crippen LogP contribution in [0, 0.1) is 0 Å². The third-order valence-electron chi connectivity index (χ3n) is 3.61. The fourth-order valence-electron chi connectivity index (χ4n) is 2.41. The summed E-state index contributed by atoms with van der Waals surface area (Å²) < 4.78 is 10.7. The standard InChI is InChI=1S/C13H22N2O3S/c1-13(18-3)5-4-6-15(9-13)12-14-10(8-17-2)11(7-16)19-12/h16H,4-9H2,1-3H3. The molecule has 19 heavy (non-hydrogen) atoms. The van der Waals surface area contributed by atoms with Crippen LogP contribution < -0.4 is 4.90 Å². The minimum atomic E-state index is -0.106. The highest BCUT2D eigenvalue weighted by Crippen LogP contribution is 2.32. The second-order valence-electron chi connectivity index (χ2n) is 5.14. The van der Waals surface area contributed by atoms with E-state index in [0.29, 0.717) is 6.61 Å². The minimum absolute atomic E-state index is 0.0196. The number of rotatable bonds is 5. The van der Waals surface area contributed by atoms with Crippen LogP contribution in [0.4, 0.5) is 5.13 Å². The normalized spacial score (nSPS) is 23.9. The minimum Gasteiger partial charge on any atom is -0.391 e. The molecule has 1 aliphatic heterocycles. The predicted octanol–water partition coefficient (Wildman–Crippen LogP) is 1.79. The Morgan fingerprint density at radius 3 is 2.89 bits per heavy atom. The molecule has 0 spiro atoms. The first-order valence-electron chi connectivity index (χ1n) is 6.50. The number of hydrogen-bond acceptors (Lipinski definition) is 6. The molecule has 0 radical (unpaired) electrons. The maximum absolute atomic E-state index is 9.38. The number of aromatic nitrogens is 1. The molecule has 1 N–H and O–H groups in total. The molecule has 0 aromatic carbocycles. The SMILES string of the molecule is COCc1nc(N2CCCC(C)(OC)C2)sc1CO. The second-order valence-corrected chi connectivity index (χ2v) is 6.20. The van der Waals surface area contributed by atoms with Gasteiger partial charge in [-0.2, -0.15) is 0 Å². The summed E-state index contributed by atoms with van der Waals surface area (Å²) in [5.41, 5.74) is 0.736. The van der Waals surface area contributed by atoms with Gasteiger partial charge in [0.1, 0.15) is 0 Å². The monoisotopic (exact) mass is 286 g/mol. The van der Waals surface area contributed by atoms with Crippen LogP contribution in [0.2, 0.25) is 0 Å². The summed E-state index contributed by atoms with van der Waals surface area (Å²) in [4.78, 5) is 7.73. The molecular weight excluding hydrogens is 264 g/mol. The molecule has 6 heteroatoms. The van der Waals surface area contributed by atoms with Crippen molar-refractivity contribution in [2.24, 2.45) is 0 Å². The first kappa shape index (κ1) is 14.7. The topological polar surface area (TPSA) is 54.8 Å². The Balaban J connectivity index is 2.17. The molecule has 2 rings (SSSR count). The lowest BCUT2D eigenvalue weighted by atomic mass is 9.95. The zero-order valence-corrected chi connectivity index (χ0v) is 12.6. The summed E-state index contributed by atoms with van der Waals surface area (Å²) in [5, 5.41) is 10.3. The number of aliphatic hydroxyl groups excluding tert-OH is 1. The van der Waals surface area contributed by atoms with E-state index in [1.165, 1.54) is 0 Å². The lowest BCUT2D eigenvalue weighted by molar-refractivity contribution is -0.00467. The molecule has 0 saturated carbocycles. The van der Waals surface area contributed by atoms with Gasteiger partial charge in [-0.25, -0.2) is 4.98 Å². The van der Waals surface area contributed by atoms with E-state index in [2.05, 4.69) is 16.8 Å². The summed E-state index contributed by atoms with van der Waals surface area (Å²) in [7, 11) is 3.41. The molecule has 1 aliphatic rings. The van der Waals surface area contributed by atoms with Crippen LogP contribution in [0.25, 0.3) is 0 Å². The number of ether oxygens (including phenoxy) is 2. The first-order valence-corrected chi connectivity index (χ1v) is 7.32. The maximum atomic E-state index is 9.38. The summed E-state index contributed by atoms with van der Waals surface area (Å²) in [6.45, 7) is 4.43. The molecule has 0 aliphatic carbocycles. The van der Waals surface area contributed by atoms with Gasteiger partial charge in [0.05, 0.1) is 29.4 Å². The smallest absolute Gasteiger partial charge is 0.186 e. The zero-order chi connectivity index (χ0) is 13.9. The Hall–Kier alpha value is -0.690. The number of piperidine rings is 1. The lowest BCUT2D eigenvalue weighted by Crippen LogP contribution is -2.47. The van der Waals surface area contributed by atoms with Gasteiger partial charge in [-0.05, 0) is 19.8 Å². The molecule has 0 amide bonds. The van der Waals surface area contributed by atoms with E-state index in [-0.39, 0.29) is 12.2 Å². The van der Waals surface area contributed by atoms with Crippen molar-refractivity contribution in [3.8, 4) is 0 Å². The maximum Gasteiger partial charge on any atom is 0.186 e. The molecule has 1 atom stereocenters. The van der Waals surface area contributed by atoms with E-state index in [9.17, 15) is 5.11 Å². The molecule has 1 aromatic rings. The van der Waals surface area contributed by atoms with Crippen LogP contribution in [-0.2, 0) is 22.7 Å². The van der Waals surface area contributed by atoms with Crippen LogP contribution in [0.5, 0.6) is 0 Å². The van der Waals surface area contributed by atoms with Gasteiger partial charge in [-0.3, -0.25) is 0 Å². The quantitative estimate of drug-likeness (QED) is 0.894. The van der Waals surface area contributed by atoms with Crippen molar-refractivity contribution in [2.45, 2.75) is 38.6 Å². The van der Waals surface area contributed by atoms with E-state index in [4.69, 9.17) is 9.47 Å². The Labute approximate surface area is 118 Å². The van der Waals surface area contributed by atoms with Crippen molar-refractivity contribution < 1.29 is 14.6 Å². The van der Waals surface area contributed by atoms with E-state index in [0.717, 1.165) is 41.6 Å². The third-order valence-corrected chi connectivity index (χ3v) is 4.76. The summed E-state index contributed by atoms with van der Waals surface area (Å²) in [5.74, 6) is 0. The van der Waals surface area contributed by atoms with Gasteiger partial charge >= 0.3 is 0 Å². The van der Waals surface area contributed by atoms with Crippen molar-refractivity contribution in [3.05, 3.63) is 10.6 Å². The number of methoxy groups -OCH3 is 2. The van der Waals surface area contributed by atoms with Crippen LogP contribution in [0.15, 0.2) is 0 Å². The third kappa shape index (κ3) is 3.25. The molecule has 1 aromatic heterocycles. The summed E-state index contributed by atoms with van der Waals surface area (Å²) in [6, 6.07) is 0. The fourth-order valence-corrected chi connectivity index (χ4v) is 3.36. The molecule has 1 unspecified atom stereocenters. The van der Waals surface area contributed by atoms with Crippen molar-refractivity contribution >= 4 is 16.5 Å². The van der Waals surface area contributed by atoms with E-state index in [1.54, 1.807) is 25.6 Å². The van der Waals surface area contributed by atoms with Gasteiger partial charge in [0.25, 0.3) is 0 Å². The number of thiazole rings is 1. The van der Waals surface area contributed by atoms with E-state index < -0.39 is 0 Å².